The topological polar surface area (TPSA) is 105 Å². The summed E-state index contributed by atoms with van der Waals surface area (Å²) in [5, 5.41) is 22.0. The van der Waals surface area contributed by atoms with E-state index in [4.69, 9.17) is 5.41 Å². The number of hydrogen-bond donors (Lipinski definition) is 1. The Bertz CT molecular complexity index is 1350. The maximum absolute atomic E-state index is 12.7. The van der Waals surface area contributed by atoms with Crippen LogP contribution in [0.2, 0.25) is 0 Å². The smallest absolute Gasteiger partial charge is 0.283 e. The van der Waals surface area contributed by atoms with Crippen LogP contribution in [-0.2, 0) is 4.79 Å². The van der Waals surface area contributed by atoms with Crippen LogP contribution >= 0.6 is 11.8 Å². The Kier molecular flexibility index (Phi) is 4.79. The molecule has 156 valence electrons. The predicted molar refractivity (Wildman–Crippen MR) is 124 cm³/mol. The van der Waals surface area contributed by atoms with E-state index in [9.17, 15) is 14.9 Å². The quantitative estimate of drug-likeness (QED) is 0.359. The summed E-state index contributed by atoms with van der Waals surface area (Å²) in [4.78, 5) is 29.1. The first-order valence-electron chi connectivity index (χ1n) is 9.61. The summed E-state index contributed by atoms with van der Waals surface area (Å²) >= 11 is 1.32. The summed E-state index contributed by atoms with van der Waals surface area (Å²) in [6.45, 7) is 0. The maximum Gasteiger partial charge on any atom is 0.283 e. The highest BCUT2D eigenvalue weighted by atomic mass is 32.2. The summed E-state index contributed by atoms with van der Waals surface area (Å²) < 4.78 is 1.79. The minimum absolute atomic E-state index is 0.00123. The fourth-order valence-electron chi connectivity index (χ4n) is 3.54. The number of carbonyl (C=O) groups excluding carboxylic acids is 1. The molecule has 5 rings (SSSR count). The van der Waals surface area contributed by atoms with Crippen LogP contribution in [0.25, 0.3) is 17.5 Å². The fourth-order valence-corrected chi connectivity index (χ4v) is 4.43. The van der Waals surface area contributed by atoms with E-state index in [1.807, 2.05) is 35.7 Å². The van der Waals surface area contributed by atoms with Crippen LogP contribution in [0.15, 0.2) is 88.9 Å². The summed E-state index contributed by atoms with van der Waals surface area (Å²) in [6.07, 6.45) is 3.41. The third-order valence-electron chi connectivity index (χ3n) is 5.10. The van der Waals surface area contributed by atoms with E-state index >= 15 is 0 Å². The second kappa shape index (κ2) is 7.78. The second-order valence-electron chi connectivity index (χ2n) is 7.01. The Labute approximate surface area is 186 Å². The van der Waals surface area contributed by atoms with E-state index in [0.29, 0.717) is 16.5 Å². The normalized spacial score (nSPS) is 16.8. The molecule has 0 saturated carbocycles. The molecule has 0 atom stereocenters. The van der Waals surface area contributed by atoms with E-state index < -0.39 is 10.8 Å². The Morgan fingerprint density at radius 2 is 1.78 bits per heavy atom. The molecule has 32 heavy (non-hydrogen) atoms. The van der Waals surface area contributed by atoms with E-state index in [-0.39, 0.29) is 17.1 Å². The first-order valence-corrected chi connectivity index (χ1v) is 10.5. The third kappa shape index (κ3) is 3.34. The lowest BCUT2D eigenvalue weighted by molar-refractivity contribution is -0.384. The molecule has 0 aliphatic carbocycles. The molecule has 8 nitrogen and oxygen atoms in total. The van der Waals surface area contributed by atoms with Crippen molar-refractivity contribution in [1.82, 2.24) is 9.47 Å². The molecule has 0 bridgehead atoms. The number of nitrogens with one attached hydrogen (secondary N) is 1. The monoisotopic (exact) mass is 441 g/mol. The molecule has 2 aliphatic heterocycles. The van der Waals surface area contributed by atoms with Gasteiger partial charge in [-0.25, -0.2) is 0 Å². The highest BCUT2D eigenvalue weighted by Crippen LogP contribution is 2.37. The zero-order valence-electron chi connectivity index (χ0n) is 16.5. The molecule has 0 radical (unpaired) electrons. The summed E-state index contributed by atoms with van der Waals surface area (Å²) in [5.74, 6) is -0.426. The van der Waals surface area contributed by atoms with Crippen LogP contribution in [0.4, 0.5) is 5.69 Å². The highest BCUT2D eigenvalue weighted by Gasteiger charge is 2.36. The molecule has 9 heteroatoms. The zero-order chi connectivity index (χ0) is 22.2. The highest BCUT2D eigenvalue weighted by molar-refractivity contribution is 8.17. The van der Waals surface area contributed by atoms with Crippen LogP contribution in [-0.4, -0.2) is 31.3 Å². The molecule has 0 saturated heterocycles. The number of aromatic nitrogens is 1. The molecule has 1 N–H and O–H groups in total. The van der Waals surface area contributed by atoms with Gasteiger partial charge in [0.1, 0.15) is 5.84 Å². The van der Waals surface area contributed by atoms with Gasteiger partial charge in [-0.05, 0) is 35.9 Å². The number of benzene rings is 2. The van der Waals surface area contributed by atoms with E-state index in [1.54, 1.807) is 46.0 Å². The number of thioether (sulfide) groups is 1. The molecule has 3 heterocycles. The number of nitrogens with zero attached hydrogens (tertiary/aromatic N) is 4. The first-order chi connectivity index (χ1) is 15.5. The van der Waals surface area contributed by atoms with Crippen molar-refractivity contribution in [2.75, 3.05) is 0 Å². The van der Waals surface area contributed by atoms with Gasteiger partial charge in [0.25, 0.3) is 11.6 Å². The van der Waals surface area contributed by atoms with Crippen molar-refractivity contribution in [3.63, 3.8) is 0 Å². The summed E-state index contributed by atoms with van der Waals surface area (Å²) in [5.41, 5.74) is 3.25. The number of nitro groups is 1. The van der Waals surface area contributed by atoms with Gasteiger partial charge in [-0.1, -0.05) is 42.1 Å². The van der Waals surface area contributed by atoms with Crippen LogP contribution < -0.4 is 0 Å². The molecule has 1 aromatic heterocycles. The molecule has 0 spiro atoms. The molecular weight excluding hydrogens is 426 g/mol. The average Bonchev–Trinajstić information content (AvgIpc) is 3.44. The number of fused-ring (bicyclic) bond motifs is 1. The van der Waals surface area contributed by atoms with Gasteiger partial charge < -0.3 is 4.57 Å². The van der Waals surface area contributed by atoms with Crippen molar-refractivity contribution in [2.45, 2.75) is 0 Å². The van der Waals surface area contributed by atoms with Crippen molar-refractivity contribution < 1.29 is 9.72 Å². The Morgan fingerprint density at radius 3 is 2.50 bits per heavy atom. The largest absolute Gasteiger partial charge is 0.317 e. The molecule has 3 aromatic rings. The SMILES string of the molecule is N=C1/C(=C/c2cccn2-c2ccc([N+](=O)[O-])cc2)C(=O)N=C2SC=C(c3ccccc3)N12. The van der Waals surface area contributed by atoms with E-state index in [1.165, 1.54) is 23.9 Å². The van der Waals surface area contributed by atoms with Crippen LogP contribution in [0, 0.1) is 15.5 Å². The van der Waals surface area contributed by atoms with Gasteiger partial charge in [-0.3, -0.25) is 25.2 Å². The molecular formula is C23H15N5O3S. The number of rotatable bonds is 4. The molecule has 2 aliphatic rings. The van der Waals surface area contributed by atoms with Gasteiger partial charge in [0.15, 0.2) is 5.17 Å². The zero-order valence-corrected chi connectivity index (χ0v) is 17.3. The lowest BCUT2D eigenvalue weighted by atomic mass is 10.1. The van der Waals surface area contributed by atoms with Crippen LogP contribution in [0.1, 0.15) is 11.3 Å². The molecule has 1 amide bonds. The predicted octanol–water partition coefficient (Wildman–Crippen LogP) is 4.69. The minimum atomic E-state index is -0.479. The van der Waals surface area contributed by atoms with Crippen molar-refractivity contribution in [3.05, 3.63) is 105 Å². The van der Waals surface area contributed by atoms with Crippen LogP contribution in [0.3, 0.4) is 0 Å². The standard InChI is InChI=1S/C23H15N5O3S/c24-21-19(13-18-7-4-12-26(18)16-8-10-17(11-9-16)28(30)31)22(29)25-23-27(21)20(14-32-23)15-5-2-1-3-6-15/h1-14,24H/b19-13-,24-21?. The number of amides is 1. The van der Waals surface area contributed by atoms with Gasteiger partial charge in [0.05, 0.1) is 16.2 Å². The Balaban J connectivity index is 1.51. The number of amidine groups is 2. The first kappa shape index (κ1) is 19.7. The van der Waals surface area contributed by atoms with Gasteiger partial charge in [-0.2, -0.15) is 4.99 Å². The molecule has 2 aromatic carbocycles. The summed E-state index contributed by atoms with van der Waals surface area (Å²) in [6, 6.07) is 19.4. The maximum atomic E-state index is 12.7. The van der Waals surface area contributed by atoms with Gasteiger partial charge in [-0.15, -0.1) is 0 Å². The number of carbonyl (C=O) groups is 1. The van der Waals surface area contributed by atoms with Crippen molar-refractivity contribution in [3.8, 4) is 5.69 Å². The van der Waals surface area contributed by atoms with Gasteiger partial charge in [0.2, 0.25) is 0 Å². The minimum Gasteiger partial charge on any atom is -0.317 e. The summed E-state index contributed by atoms with van der Waals surface area (Å²) in [7, 11) is 0. The van der Waals surface area contributed by atoms with Crippen molar-refractivity contribution >= 4 is 46.1 Å². The van der Waals surface area contributed by atoms with Crippen LogP contribution in [0.5, 0.6) is 0 Å². The Hall–Kier alpha value is -4.24. The number of hydrogen-bond acceptors (Lipinski definition) is 5. The lowest BCUT2D eigenvalue weighted by Crippen LogP contribution is -2.38. The number of aliphatic imine (C=N–C) groups is 1. The van der Waals surface area contributed by atoms with Crippen molar-refractivity contribution in [2.24, 2.45) is 4.99 Å². The Morgan fingerprint density at radius 1 is 1.03 bits per heavy atom. The van der Waals surface area contributed by atoms with Crippen molar-refractivity contribution in [1.29, 1.82) is 5.41 Å². The second-order valence-corrected chi connectivity index (χ2v) is 7.84. The number of non-ortho nitro benzene ring substituents is 1. The number of nitro benzene ring substituents is 1. The van der Waals surface area contributed by atoms with E-state index in [0.717, 1.165) is 11.3 Å². The van der Waals surface area contributed by atoms with Gasteiger partial charge >= 0.3 is 0 Å². The lowest BCUT2D eigenvalue weighted by Gasteiger charge is -2.27. The van der Waals surface area contributed by atoms with Gasteiger partial charge in [0, 0.05) is 35.1 Å². The molecule has 0 unspecified atom stereocenters. The van der Waals surface area contributed by atoms with E-state index in [2.05, 4.69) is 4.99 Å². The third-order valence-corrected chi connectivity index (χ3v) is 5.92. The average molecular weight is 441 g/mol. The fraction of sp³-hybridized carbons (Fsp3) is 0. The molecule has 0 fully saturated rings.